The summed E-state index contributed by atoms with van der Waals surface area (Å²) >= 11 is 1.51. The molecule has 44 heavy (non-hydrogen) atoms. The molecule has 0 saturated carbocycles. The molecule has 0 saturated heterocycles. The van der Waals surface area contributed by atoms with Gasteiger partial charge in [0.05, 0.1) is 22.3 Å². The van der Waals surface area contributed by atoms with Crippen LogP contribution in [0.1, 0.15) is 30.2 Å². The number of thiazole rings is 1. The van der Waals surface area contributed by atoms with Gasteiger partial charge in [-0.15, -0.1) is 11.3 Å². The Bertz CT molecular complexity index is 2090. The quantitative estimate of drug-likeness (QED) is 0.236. The van der Waals surface area contributed by atoms with E-state index >= 15 is 0 Å². The van der Waals surface area contributed by atoms with Gasteiger partial charge >= 0.3 is 11.7 Å². The first kappa shape index (κ1) is 29.8. The summed E-state index contributed by atoms with van der Waals surface area (Å²) < 4.78 is 36.3. The van der Waals surface area contributed by atoms with Gasteiger partial charge < -0.3 is 15.6 Å². The van der Waals surface area contributed by atoms with Crippen LogP contribution in [0.5, 0.6) is 11.5 Å². The minimum Gasteiger partial charge on any atom is -0.477 e. The van der Waals surface area contributed by atoms with E-state index in [0.29, 0.717) is 11.4 Å². The van der Waals surface area contributed by atoms with Crippen molar-refractivity contribution in [2.75, 3.05) is 5.73 Å². The van der Waals surface area contributed by atoms with Crippen LogP contribution in [0.15, 0.2) is 94.5 Å². The summed E-state index contributed by atoms with van der Waals surface area (Å²) in [6, 6.07) is 12.3. The molecule has 224 valence electrons. The second-order valence-corrected chi connectivity index (χ2v) is 10.5. The summed E-state index contributed by atoms with van der Waals surface area (Å²) in [5, 5.41) is 13.3. The zero-order valence-electron chi connectivity index (χ0n) is 23.2. The first-order chi connectivity index (χ1) is 21.0. The van der Waals surface area contributed by atoms with E-state index in [9.17, 15) is 23.2 Å². The summed E-state index contributed by atoms with van der Waals surface area (Å²) in [5.41, 5.74) is 7.28. The lowest BCUT2D eigenvalue weighted by Crippen LogP contribution is -2.41. The third-order valence-corrected chi connectivity index (χ3v) is 7.17. The highest BCUT2D eigenvalue weighted by atomic mass is 32.1. The number of carboxylic acid groups (broad SMARTS) is 1. The summed E-state index contributed by atoms with van der Waals surface area (Å²) in [5.74, 6) is -1.83. The van der Waals surface area contributed by atoms with Crippen molar-refractivity contribution in [1.29, 1.82) is 0 Å². The van der Waals surface area contributed by atoms with Gasteiger partial charge in [-0.2, -0.15) is 5.10 Å². The second-order valence-electron chi connectivity index (χ2n) is 9.66. The molecule has 14 heteroatoms. The number of nitrogens with zero attached hydrogens (tertiary/aromatic N) is 5. The van der Waals surface area contributed by atoms with E-state index in [-0.39, 0.29) is 17.5 Å². The number of rotatable bonds is 6. The summed E-state index contributed by atoms with van der Waals surface area (Å²) in [6.07, 6.45) is 6.34. The molecule has 0 aliphatic carbocycles. The number of aromatic carboxylic acids is 1. The average molecular weight is 619 g/mol. The number of hydrogen-bond donors (Lipinski definition) is 2. The maximum Gasteiger partial charge on any atom is 0.342 e. The van der Waals surface area contributed by atoms with Crippen LogP contribution in [-0.4, -0.2) is 34.8 Å². The third kappa shape index (κ3) is 6.10. The minimum atomic E-state index is -1.43. The number of pyridine rings is 1. The average Bonchev–Trinajstić information content (AvgIpc) is 3.68. The second kappa shape index (κ2) is 12.3. The predicted molar refractivity (Wildman–Crippen MR) is 161 cm³/mol. The fraction of sp³-hybridized carbons (Fsp3) is 0.100. The van der Waals surface area contributed by atoms with Crippen LogP contribution < -0.4 is 21.7 Å². The summed E-state index contributed by atoms with van der Waals surface area (Å²) in [4.78, 5) is 40.7. The molecular weight excluding hydrogens is 594 g/mol. The molecule has 0 aliphatic heterocycles. The third-order valence-electron chi connectivity index (χ3n) is 6.35. The topological polar surface area (TPSA) is 147 Å². The zero-order chi connectivity index (χ0) is 31.5. The van der Waals surface area contributed by atoms with Crippen LogP contribution in [0.2, 0.25) is 0 Å². The fourth-order valence-corrected chi connectivity index (χ4v) is 4.80. The van der Waals surface area contributed by atoms with Crippen LogP contribution in [-0.2, 0) is 0 Å². The van der Waals surface area contributed by atoms with Gasteiger partial charge in [0.25, 0.3) is 5.56 Å². The molecule has 0 bridgehead atoms. The van der Waals surface area contributed by atoms with E-state index in [1.54, 1.807) is 48.4 Å². The van der Waals surface area contributed by atoms with E-state index in [0.717, 1.165) is 43.4 Å². The number of halogens is 2. The monoisotopic (exact) mass is 618 g/mol. The molecule has 0 unspecified atom stereocenters. The Morgan fingerprint density at radius 3 is 2.41 bits per heavy atom. The van der Waals surface area contributed by atoms with E-state index in [1.807, 2.05) is 12.3 Å². The smallest absolute Gasteiger partial charge is 0.342 e. The van der Waals surface area contributed by atoms with Gasteiger partial charge in [0.2, 0.25) is 0 Å². The van der Waals surface area contributed by atoms with E-state index in [4.69, 9.17) is 15.6 Å². The Balaban J connectivity index is 0.000000176. The number of nitrogens with two attached hydrogens (primary N) is 1. The number of ether oxygens (including phenoxy) is 1. The van der Waals surface area contributed by atoms with Crippen molar-refractivity contribution in [2.24, 2.45) is 0 Å². The molecule has 4 heterocycles. The number of carboxylic acids is 1. The predicted octanol–water partition coefficient (Wildman–Crippen LogP) is 5.39. The number of benzene rings is 2. The van der Waals surface area contributed by atoms with Crippen molar-refractivity contribution in [1.82, 2.24) is 23.7 Å². The lowest BCUT2D eigenvalue weighted by molar-refractivity contribution is 0.0693. The summed E-state index contributed by atoms with van der Waals surface area (Å²) in [7, 11) is 0. The number of fused-ring (bicyclic) bond motifs is 1. The first-order valence-electron chi connectivity index (χ1n) is 13.0. The maximum absolute atomic E-state index is 14.0. The standard InChI is InChI=1S/C16H11FN4OS.C14H13FN2O4/c17-12-6-11(18)1-2-14(12)22-15-5-10(16-7-19-9-23-16)8-21-13(15)3-4-20-21;1-8(2)16-7-11(13(19)20)12(18)17(14(16)21)10-5-3-9(15)4-6-10/h1-9H,18H2;3-8H,1-2H3,(H,19,20). The molecule has 0 spiro atoms. The van der Waals surface area contributed by atoms with Crippen molar-refractivity contribution in [3.05, 3.63) is 123 Å². The van der Waals surface area contributed by atoms with Gasteiger partial charge in [-0.1, -0.05) is 0 Å². The number of nitrogen functional groups attached to an aromatic ring is 1. The Labute approximate surface area is 251 Å². The van der Waals surface area contributed by atoms with Crippen LogP contribution in [0.3, 0.4) is 0 Å². The van der Waals surface area contributed by atoms with Gasteiger partial charge in [0.1, 0.15) is 16.9 Å². The Morgan fingerprint density at radius 2 is 1.77 bits per heavy atom. The highest BCUT2D eigenvalue weighted by Gasteiger charge is 2.19. The first-order valence-corrected chi connectivity index (χ1v) is 13.9. The van der Waals surface area contributed by atoms with Crippen molar-refractivity contribution >= 4 is 28.5 Å². The number of aromatic nitrogens is 5. The molecule has 4 aromatic heterocycles. The molecule has 0 amide bonds. The fourth-order valence-electron chi connectivity index (χ4n) is 4.20. The lowest BCUT2D eigenvalue weighted by Gasteiger charge is -2.14. The molecule has 6 aromatic rings. The number of hydrogen-bond acceptors (Lipinski definition) is 8. The van der Waals surface area contributed by atoms with E-state index in [1.165, 1.54) is 35.6 Å². The molecule has 0 atom stereocenters. The molecule has 11 nitrogen and oxygen atoms in total. The SMILES string of the molecule is CC(C)n1cc(C(=O)O)c(=O)n(-c2ccc(F)cc2)c1=O.Nc1ccc(Oc2cc(-c3cncs3)cn3nccc23)c(F)c1. The van der Waals surface area contributed by atoms with Gasteiger partial charge in [-0.3, -0.25) is 14.3 Å². The van der Waals surface area contributed by atoms with Crippen molar-refractivity contribution in [3.8, 4) is 27.6 Å². The molecule has 0 fully saturated rings. The maximum atomic E-state index is 14.0. The van der Waals surface area contributed by atoms with Gasteiger partial charge in [0.15, 0.2) is 17.3 Å². The Morgan fingerprint density at radius 1 is 1.02 bits per heavy atom. The van der Waals surface area contributed by atoms with E-state index in [2.05, 4.69) is 10.1 Å². The van der Waals surface area contributed by atoms with Crippen molar-refractivity contribution < 1.29 is 23.4 Å². The van der Waals surface area contributed by atoms with Crippen molar-refractivity contribution in [3.63, 3.8) is 0 Å². The molecule has 0 aliphatic rings. The number of carbonyl (C=O) groups is 1. The van der Waals surface area contributed by atoms with Crippen LogP contribution in [0.25, 0.3) is 21.6 Å². The molecular formula is C30H24F2N6O5S. The number of anilines is 1. The zero-order valence-corrected chi connectivity index (χ0v) is 24.0. The van der Waals surface area contributed by atoms with Gasteiger partial charge in [-0.25, -0.2) is 27.5 Å². The van der Waals surface area contributed by atoms with Crippen molar-refractivity contribution in [2.45, 2.75) is 19.9 Å². The molecule has 0 radical (unpaired) electrons. The molecule has 2 aromatic carbocycles. The molecule has 6 rings (SSSR count). The van der Waals surface area contributed by atoms with Gasteiger partial charge in [-0.05, 0) is 62.4 Å². The van der Waals surface area contributed by atoms with E-state index < -0.39 is 34.4 Å². The van der Waals surface area contributed by atoms with Crippen LogP contribution in [0.4, 0.5) is 14.5 Å². The minimum absolute atomic E-state index is 0.115. The van der Waals surface area contributed by atoms with Crippen LogP contribution in [0, 0.1) is 11.6 Å². The summed E-state index contributed by atoms with van der Waals surface area (Å²) in [6.45, 7) is 3.37. The molecule has 3 N–H and O–H groups in total. The van der Waals surface area contributed by atoms with Gasteiger partial charge in [0, 0.05) is 41.9 Å². The highest BCUT2D eigenvalue weighted by Crippen LogP contribution is 2.34. The highest BCUT2D eigenvalue weighted by molar-refractivity contribution is 7.13. The lowest BCUT2D eigenvalue weighted by atomic mass is 10.2. The largest absolute Gasteiger partial charge is 0.477 e. The Kier molecular flexibility index (Phi) is 8.35. The Hall–Kier alpha value is -5.63. The normalized spacial score (nSPS) is 10.9. The van der Waals surface area contributed by atoms with Crippen LogP contribution >= 0.6 is 11.3 Å².